The van der Waals surface area contributed by atoms with Gasteiger partial charge in [0.2, 0.25) is 0 Å². The van der Waals surface area contributed by atoms with Gasteiger partial charge in [-0.15, -0.1) is 0 Å². The second-order valence-electron chi connectivity index (χ2n) is 4.13. The number of thiophene rings is 1. The Labute approximate surface area is 92.5 Å². The second-order valence-corrected chi connectivity index (χ2v) is 4.88. The molecule has 0 aromatic carbocycles. The lowest BCUT2D eigenvalue weighted by atomic mass is 9.94. The largest absolute Gasteiger partial charge is 0.307 e. The molecule has 2 heterocycles. The van der Waals surface area contributed by atoms with Crippen molar-refractivity contribution in [3.05, 3.63) is 21.9 Å². The normalized spacial score (nSPS) is 27.2. The fourth-order valence-electron chi connectivity index (χ4n) is 2.16. The lowest BCUT2D eigenvalue weighted by Crippen LogP contribution is -2.34. The number of piperidine rings is 1. The van der Waals surface area contributed by atoms with E-state index < -0.39 is 6.43 Å². The van der Waals surface area contributed by atoms with E-state index in [0.29, 0.717) is 6.04 Å². The van der Waals surface area contributed by atoms with Crippen molar-refractivity contribution in [2.75, 3.05) is 0 Å². The molecule has 1 aliphatic heterocycles. The molecule has 0 amide bonds. The zero-order valence-corrected chi connectivity index (χ0v) is 9.49. The Morgan fingerprint density at radius 3 is 2.87 bits per heavy atom. The maximum absolute atomic E-state index is 12.7. The number of rotatable bonds is 2. The van der Waals surface area contributed by atoms with Crippen LogP contribution in [0, 0.1) is 0 Å². The summed E-state index contributed by atoms with van der Waals surface area (Å²) in [4.78, 5) is 0. The summed E-state index contributed by atoms with van der Waals surface area (Å²) in [7, 11) is 0. The zero-order chi connectivity index (χ0) is 10.8. The molecule has 15 heavy (non-hydrogen) atoms. The third kappa shape index (κ3) is 2.37. The molecule has 1 nitrogen and oxygen atoms in total. The number of hydrogen-bond donors (Lipinski definition) is 1. The molecule has 1 aromatic rings. The first-order valence-corrected chi connectivity index (χ1v) is 6.23. The van der Waals surface area contributed by atoms with Crippen LogP contribution in [0.3, 0.4) is 0 Å². The van der Waals surface area contributed by atoms with Crippen molar-refractivity contribution in [1.82, 2.24) is 5.32 Å². The van der Waals surface area contributed by atoms with Crippen LogP contribution in [0.4, 0.5) is 8.78 Å². The van der Waals surface area contributed by atoms with Gasteiger partial charge in [-0.3, -0.25) is 0 Å². The van der Waals surface area contributed by atoms with Gasteiger partial charge in [0.05, 0.1) is 0 Å². The van der Waals surface area contributed by atoms with Crippen molar-refractivity contribution in [1.29, 1.82) is 0 Å². The van der Waals surface area contributed by atoms with Crippen LogP contribution in [0.5, 0.6) is 0 Å². The van der Waals surface area contributed by atoms with Gasteiger partial charge in [0.25, 0.3) is 6.43 Å². The van der Waals surface area contributed by atoms with Crippen LogP contribution in [0.2, 0.25) is 0 Å². The van der Waals surface area contributed by atoms with Crippen molar-refractivity contribution < 1.29 is 8.78 Å². The van der Waals surface area contributed by atoms with E-state index in [2.05, 4.69) is 12.2 Å². The Hall–Kier alpha value is -0.480. The highest BCUT2D eigenvalue weighted by Gasteiger charge is 2.24. The molecule has 2 rings (SSSR count). The highest BCUT2D eigenvalue weighted by atomic mass is 32.1. The minimum atomic E-state index is -2.34. The standard InChI is InChI=1S/C11H15F2NS/c1-7-3-2-4-10(14-7)8-5-15-6-9(8)11(12)13/h5-7,10-11,14H,2-4H2,1H3. The summed E-state index contributed by atoms with van der Waals surface area (Å²) in [6.07, 6.45) is 0.897. The van der Waals surface area contributed by atoms with Crippen LogP contribution < -0.4 is 5.32 Å². The molecule has 2 atom stereocenters. The minimum Gasteiger partial charge on any atom is -0.307 e. The predicted octanol–water partition coefficient (Wildman–Crippen LogP) is 3.89. The molecule has 2 unspecified atom stereocenters. The van der Waals surface area contributed by atoms with Crippen LogP contribution in [0.1, 0.15) is 49.8 Å². The molecule has 1 fully saturated rings. The molecule has 0 spiro atoms. The van der Waals surface area contributed by atoms with Crippen molar-refractivity contribution in [3.8, 4) is 0 Å². The van der Waals surface area contributed by atoms with Gasteiger partial charge in [0, 0.05) is 17.6 Å². The first kappa shape index (κ1) is 11.0. The van der Waals surface area contributed by atoms with E-state index in [-0.39, 0.29) is 11.6 Å². The zero-order valence-electron chi connectivity index (χ0n) is 8.67. The van der Waals surface area contributed by atoms with Gasteiger partial charge in [-0.1, -0.05) is 6.42 Å². The molecule has 84 valence electrons. The lowest BCUT2D eigenvalue weighted by Gasteiger charge is -2.29. The highest BCUT2D eigenvalue weighted by Crippen LogP contribution is 2.34. The summed E-state index contributed by atoms with van der Waals surface area (Å²) >= 11 is 1.37. The lowest BCUT2D eigenvalue weighted by molar-refractivity contribution is 0.149. The summed E-state index contributed by atoms with van der Waals surface area (Å²) in [5.74, 6) is 0. The van der Waals surface area contributed by atoms with Gasteiger partial charge >= 0.3 is 0 Å². The van der Waals surface area contributed by atoms with E-state index in [1.807, 2.05) is 5.38 Å². The molecule has 0 bridgehead atoms. The van der Waals surface area contributed by atoms with Crippen LogP contribution in [-0.4, -0.2) is 6.04 Å². The summed E-state index contributed by atoms with van der Waals surface area (Å²) in [5.41, 5.74) is 1.02. The molecule has 0 radical (unpaired) electrons. The quantitative estimate of drug-likeness (QED) is 0.814. The molecule has 0 aliphatic carbocycles. The highest BCUT2D eigenvalue weighted by molar-refractivity contribution is 7.08. The molecule has 1 saturated heterocycles. The van der Waals surface area contributed by atoms with E-state index in [9.17, 15) is 8.78 Å². The number of hydrogen-bond acceptors (Lipinski definition) is 2. The molecule has 1 N–H and O–H groups in total. The summed E-state index contributed by atoms with van der Waals surface area (Å²) in [6, 6.07) is 0.568. The first-order valence-electron chi connectivity index (χ1n) is 5.28. The van der Waals surface area contributed by atoms with Crippen LogP contribution >= 0.6 is 11.3 Å². The average Bonchev–Trinajstić information content (AvgIpc) is 2.65. The SMILES string of the molecule is CC1CCCC(c2cscc2C(F)F)N1. The van der Waals surface area contributed by atoms with Gasteiger partial charge < -0.3 is 5.32 Å². The molecule has 0 saturated carbocycles. The molecular formula is C11H15F2NS. The third-order valence-electron chi connectivity index (χ3n) is 2.95. The van der Waals surface area contributed by atoms with E-state index in [0.717, 1.165) is 24.8 Å². The monoisotopic (exact) mass is 231 g/mol. The predicted molar refractivity (Wildman–Crippen MR) is 58.5 cm³/mol. The number of alkyl halides is 2. The first-order chi connectivity index (χ1) is 7.18. The smallest absolute Gasteiger partial charge is 0.264 e. The fourth-order valence-corrected chi connectivity index (χ4v) is 3.06. The van der Waals surface area contributed by atoms with Crippen molar-refractivity contribution in [2.24, 2.45) is 0 Å². The van der Waals surface area contributed by atoms with E-state index >= 15 is 0 Å². The van der Waals surface area contributed by atoms with Gasteiger partial charge in [0.1, 0.15) is 0 Å². The van der Waals surface area contributed by atoms with Gasteiger partial charge in [-0.2, -0.15) is 11.3 Å². The van der Waals surface area contributed by atoms with Gasteiger partial charge in [0.15, 0.2) is 0 Å². The molecule has 4 heteroatoms. The Morgan fingerprint density at radius 2 is 2.20 bits per heavy atom. The fraction of sp³-hybridized carbons (Fsp3) is 0.636. The molecular weight excluding hydrogens is 216 g/mol. The Kier molecular flexibility index (Phi) is 3.36. The minimum absolute atomic E-state index is 0.129. The van der Waals surface area contributed by atoms with E-state index in [4.69, 9.17) is 0 Å². The topological polar surface area (TPSA) is 12.0 Å². The van der Waals surface area contributed by atoms with Crippen molar-refractivity contribution >= 4 is 11.3 Å². The van der Waals surface area contributed by atoms with Crippen LogP contribution in [0.15, 0.2) is 10.8 Å². The summed E-state index contributed by atoms with van der Waals surface area (Å²) in [6.45, 7) is 2.11. The second kappa shape index (κ2) is 4.58. The molecule has 1 aromatic heterocycles. The Morgan fingerprint density at radius 1 is 1.40 bits per heavy atom. The maximum Gasteiger partial charge on any atom is 0.264 e. The Bertz CT molecular complexity index is 324. The van der Waals surface area contributed by atoms with Crippen molar-refractivity contribution in [2.45, 2.75) is 44.7 Å². The number of nitrogens with one attached hydrogen (secondary N) is 1. The van der Waals surface area contributed by atoms with Gasteiger partial charge in [-0.25, -0.2) is 8.78 Å². The number of halogens is 2. The van der Waals surface area contributed by atoms with Crippen LogP contribution in [-0.2, 0) is 0 Å². The summed E-state index contributed by atoms with van der Waals surface area (Å²) < 4.78 is 25.4. The third-order valence-corrected chi connectivity index (χ3v) is 3.73. The Balaban J connectivity index is 2.17. The molecule has 1 aliphatic rings. The maximum atomic E-state index is 12.7. The van der Waals surface area contributed by atoms with E-state index in [1.54, 1.807) is 5.38 Å². The van der Waals surface area contributed by atoms with Crippen molar-refractivity contribution in [3.63, 3.8) is 0 Å². The summed E-state index contributed by atoms with van der Waals surface area (Å²) in [5, 5.41) is 6.82. The van der Waals surface area contributed by atoms with Gasteiger partial charge in [-0.05, 0) is 36.1 Å². The van der Waals surface area contributed by atoms with Crippen LogP contribution in [0.25, 0.3) is 0 Å². The average molecular weight is 231 g/mol. The van der Waals surface area contributed by atoms with E-state index in [1.165, 1.54) is 11.3 Å².